The van der Waals surface area contributed by atoms with Crippen LogP contribution in [-0.4, -0.2) is 89.7 Å². The van der Waals surface area contributed by atoms with Gasteiger partial charge in [-0.25, -0.2) is 17.6 Å². The van der Waals surface area contributed by atoms with Crippen molar-refractivity contribution in [3.8, 4) is 0 Å². The van der Waals surface area contributed by atoms with Crippen LogP contribution in [0.4, 0.5) is 9.18 Å². The zero-order chi connectivity index (χ0) is 26.3. The Labute approximate surface area is 214 Å². The van der Waals surface area contributed by atoms with Crippen LogP contribution in [0.2, 0.25) is 0 Å². The summed E-state index contributed by atoms with van der Waals surface area (Å²) in [6, 6.07) is 3.36. The van der Waals surface area contributed by atoms with Gasteiger partial charge in [-0.05, 0) is 70.6 Å². The maximum atomic E-state index is 14.3. The Bertz CT molecular complexity index is 1070. The molecule has 1 saturated carbocycles. The molecule has 0 aromatic heterocycles. The number of hydrogen-bond donors (Lipinski definition) is 1. The van der Waals surface area contributed by atoms with E-state index in [9.17, 15) is 22.7 Å². The molecule has 0 unspecified atom stereocenters. The fraction of sp³-hybridized carbons (Fsp3) is 0.731. The maximum absolute atomic E-state index is 14.3. The van der Waals surface area contributed by atoms with Gasteiger partial charge in [-0.1, -0.05) is 19.4 Å². The molecular weight excluding hydrogens is 485 g/mol. The van der Waals surface area contributed by atoms with Gasteiger partial charge in [-0.2, -0.15) is 4.31 Å². The number of hydrogen-bond acceptors (Lipinski definition) is 6. The molecule has 8 nitrogen and oxygen atoms in total. The fourth-order valence-corrected chi connectivity index (χ4v) is 7.63. The van der Waals surface area contributed by atoms with Crippen LogP contribution in [0.3, 0.4) is 0 Å². The molecule has 1 N–H and O–H groups in total. The summed E-state index contributed by atoms with van der Waals surface area (Å²) in [6.45, 7) is 9.81. The average Bonchev–Trinajstić information content (AvgIpc) is 3.65. The first-order valence-electron chi connectivity index (χ1n) is 13.1. The molecule has 2 saturated heterocycles. The van der Waals surface area contributed by atoms with E-state index in [-0.39, 0.29) is 23.1 Å². The van der Waals surface area contributed by atoms with Gasteiger partial charge in [0.1, 0.15) is 11.4 Å². The van der Waals surface area contributed by atoms with Crippen LogP contribution in [-0.2, 0) is 14.8 Å². The second-order valence-corrected chi connectivity index (χ2v) is 13.0. The summed E-state index contributed by atoms with van der Waals surface area (Å²) in [5, 5.41) is 9.65. The molecule has 0 bridgehead atoms. The Morgan fingerprint density at radius 1 is 1.19 bits per heavy atom. The molecule has 2 atom stereocenters. The molecule has 202 valence electrons. The molecule has 1 aromatic rings. The van der Waals surface area contributed by atoms with E-state index in [1.165, 1.54) is 16.4 Å². The minimum Gasteiger partial charge on any atom is -0.441 e. The summed E-state index contributed by atoms with van der Waals surface area (Å²) in [6.07, 6.45) is 3.65. The minimum absolute atomic E-state index is 0.0377. The molecule has 2 aliphatic heterocycles. The molecule has 3 aliphatic rings. The third kappa shape index (κ3) is 5.14. The van der Waals surface area contributed by atoms with Crippen molar-refractivity contribution in [1.82, 2.24) is 14.1 Å². The van der Waals surface area contributed by atoms with Gasteiger partial charge in [0.25, 0.3) is 0 Å². The van der Waals surface area contributed by atoms with E-state index in [4.69, 9.17) is 4.74 Å². The Morgan fingerprint density at radius 3 is 2.42 bits per heavy atom. The number of carbonyl (C=O) groups is 1. The lowest BCUT2D eigenvalue weighted by molar-refractivity contribution is -0.0245. The number of aliphatic hydroxyl groups excluding tert-OH is 1. The fourth-order valence-electron chi connectivity index (χ4n) is 5.61. The third-order valence-corrected chi connectivity index (χ3v) is 10.3. The van der Waals surface area contributed by atoms with Gasteiger partial charge in [-0.3, -0.25) is 4.90 Å². The summed E-state index contributed by atoms with van der Waals surface area (Å²) >= 11 is 0. The van der Waals surface area contributed by atoms with Gasteiger partial charge in [0, 0.05) is 37.8 Å². The van der Waals surface area contributed by atoms with Crippen LogP contribution >= 0.6 is 0 Å². The lowest BCUT2D eigenvalue weighted by Crippen LogP contribution is -2.59. The smallest absolute Gasteiger partial charge is 0.410 e. The number of sulfonamides is 1. The van der Waals surface area contributed by atoms with Gasteiger partial charge in [0.05, 0.1) is 17.5 Å². The first-order chi connectivity index (χ1) is 16.9. The van der Waals surface area contributed by atoms with Gasteiger partial charge in [0.15, 0.2) is 0 Å². The van der Waals surface area contributed by atoms with Crippen LogP contribution in [0.1, 0.15) is 64.9 Å². The molecule has 3 fully saturated rings. The number of rotatable bonds is 7. The van der Waals surface area contributed by atoms with Crippen molar-refractivity contribution in [2.45, 2.75) is 94.3 Å². The van der Waals surface area contributed by atoms with E-state index in [0.29, 0.717) is 57.4 Å². The normalized spacial score (nSPS) is 25.6. The highest BCUT2D eigenvalue weighted by molar-refractivity contribution is 7.89. The summed E-state index contributed by atoms with van der Waals surface area (Å²) in [5.74, 6) is -0.547. The number of aliphatic hydroxyl groups is 1. The number of nitrogens with zero attached hydrogens (tertiary/aromatic N) is 3. The largest absolute Gasteiger partial charge is 0.441 e. The Kier molecular flexibility index (Phi) is 7.73. The molecule has 1 amide bonds. The average molecular weight is 526 g/mol. The predicted octanol–water partition coefficient (Wildman–Crippen LogP) is 3.51. The number of benzene rings is 1. The molecule has 1 aliphatic carbocycles. The summed E-state index contributed by atoms with van der Waals surface area (Å²) < 4.78 is 49.6. The van der Waals surface area contributed by atoms with Crippen molar-refractivity contribution in [2.24, 2.45) is 0 Å². The number of piperidine rings is 1. The number of halogens is 1. The van der Waals surface area contributed by atoms with E-state index < -0.39 is 33.6 Å². The highest BCUT2D eigenvalue weighted by atomic mass is 32.2. The lowest BCUT2D eigenvalue weighted by atomic mass is 9.92. The lowest BCUT2D eigenvalue weighted by Gasteiger charge is -2.45. The monoisotopic (exact) mass is 525 g/mol. The maximum Gasteiger partial charge on any atom is 0.410 e. The van der Waals surface area contributed by atoms with Crippen molar-refractivity contribution >= 4 is 16.1 Å². The number of piperazine rings is 1. The molecule has 36 heavy (non-hydrogen) atoms. The first kappa shape index (κ1) is 27.3. The molecule has 10 heteroatoms. The first-order valence-corrected chi connectivity index (χ1v) is 14.5. The number of ether oxygens (including phenoxy) is 1. The minimum atomic E-state index is -3.98. The van der Waals surface area contributed by atoms with Gasteiger partial charge in [-0.15, -0.1) is 0 Å². The second kappa shape index (κ2) is 10.2. The predicted molar refractivity (Wildman–Crippen MR) is 135 cm³/mol. The summed E-state index contributed by atoms with van der Waals surface area (Å²) in [7, 11) is -3.98. The van der Waals surface area contributed by atoms with Crippen LogP contribution in [0.25, 0.3) is 0 Å². The van der Waals surface area contributed by atoms with Crippen molar-refractivity contribution < 1.29 is 27.4 Å². The van der Waals surface area contributed by atoms with Gasteiger partial charge in [0.2, 0.25) is 10.0 Å². The zero-order valence-electron chi connectivity index (χ0n) is 21.9. The highest BCUT2D eigenvalue weighted by Crippen LogP contribution is 2.50. The van der Waals surface area contributed by atoms with Crippen molar-refractivity contribution in [3.05, 3.63) is 29.6 Å². The SMILES string of the molecule is CC[C@@H]1CCC[C@H](C2(OC(=O)N3CCN(C(C)(C)CO)CC3)CC2)N1S(=O)(=O)c1ccc(C)c(F)c1. The van der Waals surface area contributed by atoms with Crippen molar-refractivity contribution in [2.75, 3.05) is 32.8 Å². The van der Waals surface area contributed by atoms with E-state index >= 15 is 0 Å². The second-order valence-electron chi connectivity index (χ2n) is 11.1. The van der Waals surface area contributed by atoms with Crippen LogP contribution in [0, 0.1) is 12.7 Å². The van der Waals surface area contributed by atoms with E-state index in [1.54, 1.807) is 11.8 Å². The molecule has 2 heterocycles. The molecule has 0 spiro atoms. The number of aryl methyl sites for hydroxylation is 1. The topological polar surface area (TPSA) is 90.4 Å². The zero-order valence-corrected chi connectivity index (χ0v) is 22.7. The van der Waals surface area contributed by atoms with Gasteiger partial charge >= 0.3 is 6.09 Å². The van der Waals surface area contributed by atoms with Crippen molar-refractivity contribution in [1.29, 1.82) is 0 Å². The standard InChI is InChI=1S/C26H40FN3O5S/c1-5-20-7-6-8-23(30(20)36(33,34)21-10-9-19(2)22(27)17-21)26(11-12-26)35-24(32)28-13-15-29(16-14-28)25(3,4)18-31/h9-10,17,20,23,31H,5-8,11-16,18H2,1-4H3/t20-,23-/m1/s1. The quantitative estimate of drug-likeness (QED) is 0.586. The van der Waals surface area contributed by atoms with Crippen LogP contribution in [0.5, 0.6) is 0 Å². The van der Waals surface area contributed by atoms with Crippen LogP contribution in [0.15, 0.2) is 23.1 Å². The number of amides is 1. The van der Waals surface area contributed by atoms with E-state index in [1.807, 2.05) is 20.8 Å². The van der Waals surface area contributed by atoms with E-state index in [2.05, 4.69) is 4.90 Å². The molecule has 4 rings (SSSR count). The Morgan fingerprint density at radius 2 is 1.86 bits per heavy atom. The third-order valence-electron chi connectivity index (χ3n) is 8.29. The molecular formula is C26H40FN3O5S. The van der Waals surface area contributed by atoms with Crippen molar-refractivity contribution in [3.63, 3.8) is 0 Å². The molecule has 1 aromatic carbocycles. The molecule has 0 radical (unpaired) electrons. The van der Waals surface area contributed by atoms with Crippen LogP contribution < -0.4 is 0 Å². The summed E-state index contributed by atoms with van der Waals surface area (Å²) in [4.78, 5) is 17.0. The highest BCUT2D eigenvalue weighted by Gasteiger charge is 2.59. The number of carbonyl (C=O) groups excluding carboxylic acids is 1. The Balaban J connectivity index is 1.53. The summed E-state index contributed by atoms with van der Waals surface area (Å²) in [5.41, 5.74) is -0.802. The van der Waals surface area contributed by atoms with Gasteiger partial charge < -0.3 is 14.7 Å². The Hall–Kier alpha value is -1.75. The van der Waals surface area contributed by atoms with E-state index in [0.717, 1.165) is 18.9 Å².